The minimum atomic E-state index is -4.55. The monoisotopic (exact) mass is 388 g/mol. The molecule has 0 aliphatic rings. The largest absolute Gasteiger partial charge is 0.440 e. The molecule has 27 heavy (non-hydrogen) atoms. The lowest BCUT2D eigenvalue weighted by Gasteiger charge is -2.29. The zero-order chi connectivity index (χ0) is 20.4. The molecule has 1 aromatic heterocycles. The average Bonchev–Trinajstić information content (AvgIpc) is 2.93. The van der Waals surface area contributed by atoms with Gasteiger partial charge in [-0.3, -0.25) is 4.90 Å². The molecule has 0 bridgehead atoms. The Balaban J connectivity index is 2.44. The van der Waals surface area contributed by atoms with E-state index in [-0.39, 0.29) is 29.5 Å². The predicted octanol–water partition coefficient (Wildman–Crippen LogP) is 4.19. The number of ether oxygens (including phenoxy) is 1. The topological polar surface area (TPSA) is 58.7 Å². The zero-order valence-corrected chi connectivity index (χ0v) is 16.4. The van der Waals surface area contributed by atoms with E-state index < -0.39 is 17.3 Å². The number of rotatable bonds is 8. The highest BCUT2D eigenvalue weighted by molar-refractivity contribution is 5.78. The molecule has 0 radical (unpaired) electrons. The first-order chi connectivity index (χ1) is 12.4. The number of aromatic nitrogens is 1. The summed E-state index contributed by atoms with van der Waals surface area (Å²) < 4.78 is 51.1. The fourth-order valence-electron chi connectivity index (χ4n) is 2.90. The van der Waals surface area contributed by atoms with Crippen molar-refractivity contribution in [2.24, 2.45) is 0 Å². The second-order valence-corrected chi connectivity index (χ2v) is 7.71. The van der Waals surface area contributed by atoms with Crippen molar-refractivity contribution in [1.29, 1.82) is 0 Å². The Morgan fingerprint density at radius 3 is 2.44 bits per heavy atom. The van der Waals surface area contributed by atoms with Crippen LogP contribution in [0.25, 0.3) is 11.1 Å². The highest BCUT2D eigenvalue weighted by atomic mass is 19.4. The number of hydrogen-bond donors (Lipinski definition) is 1. The molecule has 8 heteroatoms. The van der Waals surface area contributed by atoms with E-state index >= 15 is 0 Å². The molecule has 0 spiro atoms. The Bertz CT molecular complexity index is 764. The standard InChI is InChI=1S/C19H27F3N2O3/c1-12(2)17-23-15-9-13(8-14(16(15)27-17)19(20,21)22)10-24(6-7-26-5)11-18(3,4)25/h8-9,12,25H,6-7,10-11H2,1-5H3. The summed E-state index contributed by atoms with van der Waals surface area (Å²) in [7, 11) is 1.55. The van der Waals surface area contributed by atoms with Crippen molar-refractivity contribution >= 4 is 11.1 Å². The number of aliphatic hydroxyl groups is 1. The first-order valence-electron chi connectivity index (χ1n) is 8.85. The summed E-state index contributed by atoms with van der Waals surface area (Å²) in [6.45, 7) is 8.36. The summed E-state index contributed by atoms with van der Waals surface area (Å²) in [6.07, 6.45) is -4.55. The van der Waals surface area contributed by atoms with Gasteiger partial charge >= 0.3 is 6.18 Å². The molecule has 2 rings (SSSR count). The van der Waals surface area contributed by atoms with Gasteiger partial charge in [-0.2, -0.15) is 13.2 Å². The van der Waals surface area contributed by atoms with Crippen LogP contribution in [0, 0.1) is 0 Å². The van der Waals surface area contributed by atoms with Gasteiger partial charge in [0, 0.05) is 32.7 Å². The van der Waals surface area contributed by atoms with E-state index in [1.54, 1.807) is 27.0 Å². The molecular formula is C19H27F3N2O3. The first-order valence-corrected chi connectivity index (χ1v) is 8.85. The molecule has 1 heterocycles. The number of alkyl halides is 3. The third kappa shape index (κ3) is 5.92. The summed E-state index contributed by atoms with van der Waals surface area (Å²) >= 11 is 0. The van der Waals surface area contributed by atoms with Crippen LogP contribution in [0.15, 0.2) is 16.5 Å². The summed E-state index contributed by atoms with van der Waals surface area (Å²) in [4.78, 5) is 6.09. The highest BCUT2D eigenvalue weighted by Gasteiger charge is 2.35. The number of nitrogens with zero attached hydrogens (tertiary/aromatic N) is 2. The van der Waals surface area contributed by atoms with Gasteiger partial charge in [0.25, 0.3) is 0 Å². The molecule has 5 nitrogen and oxygen atoms in total. The molecule has 152 valence electrons. The highest BCUT2D eigenvalue weighted by Crippen LogP contribution is 2.37. The average molecular weight is 388 g/mol. The van der Waals surface area contributed by atoms with Crippen LogP contribution in [0.5, 0.6) is 0 Å². The van der Waals surface area contributed by atoms with Crippen LogP contribution in [0.2, 0.25) is 0 Å². The van der Waals surface area contributed by atoms with Gasteiger partial charge in [0.1, 0.15) is 11.1 Å². The number of oxazole rings is 1. The fourth-order valence-corrected chi connectivity index (χ4v) is 2.90. The molecule has 0 atom stereocenters. The molecule has 0 amide bonds. The van der Waals surface area contributed by atoms with Crippen molar-refractivity contribution in [3.63, 3.8) is 0 Å². The van der Waals surface area contributed by atoms with Gasteiger partial charge in [-0.1, -0.05) is 13.8 Å². The van der Waals surface area contributed by atoms with Gasteiger partial charge in [-0.25, -0.2) is 4.98 Å². The van der Waals surface area contributed by atoms with Crippen molar-refractivity contribution in [1.82, 2.24) is 9.88 Å². The number of benzene rings is 1. The third-order valence-electron chi connectivity index (χ3n) is 3.99. The van der Waals surface area contributed by atoms with Crippen LogP contribution in [0.1, 0.15) is 50.6 Å². The molecule has 0 saturated heterocycles. The Morgan fingerprint density at radius 2 is 1.93 bits per heavy atom. The van der Waals surface area contributed by atoms with E-state index in [0.717, 1.165) is 6.07 Å². The summed E-state index contributed by atoms with van der Waals surface area (Å²) in [5, 5.41) is 10.1. The minimum Gasteiger partial charge on any atom is -0.440 e. The lowest BCUT2D eigenvalue weighted by atomic mass is 10.1. The molecule has 1 aromatic carbocycles. The van der Waals surface area contributed by atoms with Crippen LogP contribution in [-0.2, 0) is 17.5 Å². The molecule has 0 unspecified atom stereocenters. The summed E-state index contributed by atoms with van der Waals surface area (Å²) in [5.41, 5.74) is -1.40. The van der Waals surface area contributed by atoms with Crippen molar-refractivity contribution in [3.8, 4) is 0 Å². The third-order valence-corrected chi connectivity index (χ3v) is 3.99. The number of methoxy groups -OCH3 is 1. The predicted molar refractivity (Wildman–Crippen MR) is 96.6 cm³/mol. The number of hydrogen-bond acceptors (Lipinski definition) is 5. The Hall–Kier alpha value is -1.64. The van der Waals surface area contributed by atoms with Gasteiger partial charge in [0.05, 0.1) is 12.2 Å². The van der Waals surface area contributed by atoms with Crippen LogP contribution in [-0.4, -0.2) is 47.4 Å². The Labute approximate surface area is 157 Å². The number of fused-ring (bicyclic) bond motifs is 1. The van der Waals surface area contributed by atoms with Crippen LogP contribution < -0.4 is 0 Å². The molecule has 1 N–H and O–H groups in total. The van der Waals surface area contributed by atoms with E-state index in [4.69, 9.17) is 9.15 Å². The SMILES string of the molecule is COCCN(Cc1cc(C(F)(F)F)c2oc(C(C)C)nc2c1)CC(C)(C)O. The maximum absolute atomic E-state index is 13.6. The summed E-state index contributed by atoms with van der Waals surface area (Å²) in [6, 6.07) is 2.71. The van der Waals surface area contributed by atoms with Gasteiger partial charge in [-0.15, -0.1) is 0 Å². The lowest BCUT2D eigenvalue weighted by molar-refractivity contribution is -0.137. The van der Waals surface area contributed by atoms with Crippen LogP contribution in [0.3, 0.4) is 0 Å². The zero-order valence-electron chi connectivity index (χ0n) is 16.4. The van der Waals surface area contributed by atoms with Gasteiger partial charge < -0.3 is 14.3 Å². The van der Waals surface area contributed by atoms with Gasteiger partial charge in [0.2, 0.25) is 0 Å². The van der Waals surface area contributed by atoms with Gasteiger partial charge in [0.15, 0.2) is 11.5 Å². The first kappa shape index (κ1) is 21.7. The van der Waals surface area contributed by atoms with E-state index in [1.807, 2.05) is 18.7 Å². The van der Waals surface area contributed by atoms with E-state index in [2.05, 4.69) is 4.98 Å². The van der Waals surface area contributed by atoms with Crippen molar-refractivity contribution in [2.45, 2.75) is 51.9 Å². The van der Waals surface area contributed by atoms with Gasteiger partial charge in [-0.05, 0) is 31.5 Å². The maximum atomic E-state index is 13.6. The normalized spacial score (nSPS) is 13.3. The Morgan fingerprint density at radius 1 is 1.26 bits per heavy atom. The minimum absolute atomic E-state index is 0.115. The summed E-state index contributed by atoms with van der Waals surface area (Å²) in [5.74, 6) is 0.163. The molecular weight excluding hydrogens is 361 g/mol. The smallest absolute Gasteiger partial charge is 0.420 e. The Kier molecular flexibility index (Phi) is 6.55. The molecule has 0 saturated carbocycles. The molecule has 0 aliphatic heterocycles. The van der Waals surface area contributed by atoms with Crippen LogP contribution in [0.4, 0.5) is 13.2 Å². The van der Waals surface area contributed by atoms with Crippen molar-refractivity contribution in [2.75, 3.05) is 26.8 Å². The fraction of sp³-hybridized carbons (Fsp3) is 0.632. The van der Waals surface area contributed by atoms with Crippen LogP contribution >= 0.6 is 0 Å². The van der Waals surface area contributed by atoms with E-state index in [9.17, 15) is 18.3 Å². The second kappa shape index (κ2) is 8.16. The van der Waals surface area contributed by atoms with E-state index in [1.165, 1.54) is 0 Å². The van der Waals surface area contributed by atoms with Crippen molar-refractivity contribution in [3.05, 3.63) is 29.2 Å². The second-order valence-electron chi connectivity index (χ2n) is 7.71. The lowest BCUT2D eigenvalue weighted by Crippen LogP contribution is -2.39. The molecule has 0 fully saturated rings. The van der Waals surface area contributed by atoms with Crippen molar-refractivity contribution < 1.29 is 27.4 Å². The molecule has 2 aromatic rings. The van der Waals surface area contributed by atoms with E-state index in [0.29, 0.717) is 25.3 Å². The molecule has 0 aliphatic carbocycles. The quantitative estimate of drug-likeness (QED) is 0.735. The maximum Gasteiger partial charge on any atom is 0.420 e. The number of halogens is 3.